The number of ether oxygens (including phenoxy) is 1. The van der Waals surface area contributed by atoms with Crippen molar-refractivity contribution in [3.8, 4) is 0 Å². The van der Waals surface area contributed by atoms with Crippen LogP contribution in [0.4, 0.5) is 0 Å². The summed E-state index contributed by atoms with van der Waals surface area (Å²) < 4.78 is 5.41. The first-order valence-electron chi connectivity index (χ1n) is 10.4. The van der Waals surface area contributed by atoms with E-state index in [1.807, 2.05) is 0 Å². The molecule has 4 aliphatic carbocycles. The molecule has 0 aliphatic heterocycles. The Labute approximate surface area is 152 Å². The molecule has 0 unspecified atom stereocenters. The van der Waals surface area contributed by atoms with Crippen molar-refractivity contribution in [1.82, 2.24) is 0 Å². The summed E-state index contributed by atoms with van der Waals surface area (Å²) in [5, 5.41) is 0. The SMILES string of the molecule is CC(=O)OC[C@H]1C[C@@]23CC[C@@H]4[C@@](C)(CCC[C@@]4(C)C=O)[C@@H]2CC[C@@H]1C3. The topological polar surface area (TPSA) is 43.4 Å². The van der Waals surface area contributed by atoms with Crippen LogP contribution in [0.15, 0.2) is 0 Å². The molecule has 0 heterocycles. The predicted octanol–water partition coefficient (Wildman–Crippen LogP) is 4.78. The predicted molar refractivity (Wildman–Crippen MR) is 96.9 cm³/mol. The zero-order valence-electron chi connectivity index (χ0n) is 16.2. The Morgan fingerprint density at radius 2 is 1.88 bits per heavy atom. The van der Waals surface area contributed by atoms with E-state index in [4.69, 9.17) is 4.74 Å². The quantitative estimate of drug-likeness (QED) is 0.546. The first kappa shape index (κ1) is 17.5. The maximum atomic E-state index is 11.9. The van der Waals surface area contributed by atoms with E-state index < -0.39 is 0 Å². The fourth-order valence-electron chi connectivity index (χ4n) is 8.20. The van der Waals surface area contributed by atoms with E-state index >= 15 is 0 Å². The number of esters is 1. The lowest BCUT2D eigenvalue weighted by atomic mass is 9.41. The molecule has 0 aromatic carbocycles. The molecule has 4 aliphatic rings. The van der Waals surface area contributed by atoms with Crippen LogP contribution in [-0.4, -0.2) is 18.9 Å². The third-order valence-corrected chi connectivity index (χ3v) is 9.09. The van der Waals surface area contributed by atoms with Crippen molar-refractivity contribution in [3.05, 3.63) is 0 Å². The Balaban J connectivity index is 1.60. The first-order chi connectivity index (χ1) is 11.8. The molecule has 1 spiro atoms. The minimum absolute atomic E-state index is 0.110. The van der Waals surface area contributed by atoms with E-state index in [0.717, 1.165) is 18.3 Å². The lowest BCUT2D eigenvalue weighted by Crippen LogP contribution is -2.56. The fraction of sp³-hybridized carbons (Fsp3) is 0.909. The minimum Gasteiger partial charge on any atom is -0.466 e. The highest BCUT2D eigenvalue weighted by molar-refractivity contribution is 5.65. The highest BCUT2D eigenvalue weighted by atomic mass is 16.5. The summed E-state index contributed by atoms with van der Waals surface area (Å²) in [4.78, 5) is 23.2. The molecule has 4 fully saturated rings. The normalized spacial score (nSPS) is 51.3. The average molecular weight is 347 g/mol. The Hall–Kier alpha value is -0.860. The van der Waals surface area contributed by atoms with Crippen LogP contribution < -0.4 is 0 Å². The third-order valence-electron chi connectivity index (χ3n) is 9.09. The number of hydrogen-bond acceptors (Lipinski definition) is 3. The van der Waals surface area contributed by atoms with Gasteiger partial charge in [0.15, 0.2) is 0 Å². The lowest BCUT2D eigenvalue weighted by Gasteiger charge is -2.63. The van der Waals surface area contributed by atoms with Gasteiger partial charge < -0.3 is 9.53 Å². The van der Waals surface area contributed by atoms with Crippen molar-refractivity contribution < 1.29 is 14.3 Å². The lowest BCUT2D eigenvalue weighted by molar-refractivity contribution is -0.157. The molecular formula is C22H34O3. The van der Waals surface area contributed by atoms with Gasteiger partial charge in [-0.2, -0.15) is 0 Å². The number of carbonyl (C=O) groups is 2. The van der Waals surface area contributed by atoms with E-state index in [-0.39, 0.29) is 11.4 Å². The summed E-state index contributed by atoms with van der Waals surface area (Å²) in [5.74, 6) is 2.50. The molecule has 0 radical (unpaired) electrons. The summed E-state index contributed by atoms with van der Waals surface area (Å²) in [6.07, 6.45) is 12.6. The van der Waals surface area contributed by atoms with Crippen LogP contribution in [-0.2, 0) is 14.3 Å². The molecule has 0 saturated heterocycles. The van der Waals surface area contributed by atoms with Gasteiger partial charge in [-0.25, -0.2) is 0 Å². The largest absolute Gasteiger partial charge is 0.466 e. The third kappa shape index (κ3) is 2.51. The van der Waals surface area contributed by atoms with Gasteiger partial charge in [0.05, 0.1) is 6.61 Å². The summed E-state index contributed by atoms with van der Waals surface area (Å²) in [6.45, 7) is 6.89. The molecule has 7 atom stereocenters. The second kappa shape index (κ2) is 5.82. The van der Waals surface area contributed by atoms with Gasteiger partial charge in [0, 0.05) is 12.3 Å². The van der Waals surface area contributed by atoms with Gasteiger partial charge >= 0.3 is 5.97 Å². The molecule has 25 heavy (non-hydrogen) atoms. The number of rotatable bonds is 3. The molecule has 0 N–H and O–H groups in total. The van der Waals surface area contributed by atoms with Crippen molar-refractivity contribution in [2.75, 3.05) is 6.61 Å². The van der Waals surface area contributed by atoms with E-state index in [9.17, 15) is 9.59 Å². The van der Waals surface area contributed by atoms with E-state index in [1.54, 1.807) is 0 Å². The maximum Gasteiger partial charge on any atom is 0.302 e. The van der Waals surface area contributed by atoms with Crippen LogP contribution in [0.1, 0.15) is 78.6 Å². The molecule has 0 amide bonds. The first-order valence-corrected chi connectivity index (χ1v) is 10.4. The van der Waals surface area contributed by atoms with Gasteiger partial charge in [-0.1, -0.05) is 20.3 Å². The monoisotopic (exact) mass is 346 g/mol. The van der Waals surface area contributed by atoms with Gasteiger partial charge in [0.1, 0.15) is 6.29 Å². The maximum absolute atomic E-state index is 11.9. The number of aldehydes is 1. The van der Waals surface area contributed by atoms with Crippen molar-refractivity contribution in [2.24, 2.45) is 39.9 Å². The number of carbonyl (C=O) groups excluding carboxylic acids is 2. The summed E-state index contributed by atoms with van der Waals surface area (Å²) in [6, 6.07) is 0. The van der Waals surface area contributed by atoms with Crippen molar-refractivity contribution in [3.63, 3.8) is 0 Å². The van der Waals surface area contributed by atoms with E-state index in [1.165, 1.54) is 64.6 Å². The van der Waals surface area contributed by atoms with E-state index in [2.05, 4.69) is 13.8 Å². The van der Waals surface area contributed by atoms with Gasteiger partial charge in [0.25, 0.3) is 0 Å². The summed E-state index contributed by atoms with van der Waals surface area (Å²) in [7, 11) is 0. The highest BCUT2D eigenvalue weighted by Gasteiger charge is 2.64. The molecule has 3 nitrogen and oxygen atoms in total. The fourth-order valence-corrected chi connectivity index (χ4v) is 8.20. The minimum atomic E-state index is -0.139. The highest BCUT2D eigenvalue weighted by Crippen LogP contribution is 2.72. The molecule has 0 aromatic heterocycles. The van der Waals surface area contributed by atoms with Crippen LogP contribution in [0.3, 0.4) is 0 Å². The van der Waals surface area contributed by atoms with Gasteiger partial charge in [-0.15, -0.1) is 0 Å². The number of fused-ring (bicyclic) bond motifs is 3. The van der Waals surface area contributed by atoms with Crippen molar-refractivity contribution in [1.29, 1.82) is 0 Å². The summed E-state index contributed by atoms with van der Waals surface area (Å²) in [5.41, 5.74) is 0.675. The second-order valence-corrected chi connectivity index (χ2v) is 10.3. The molecule has 0 aromatic rings. The van der Waals surface area contributed by atoms with Gasteiger partial charge in [-0.3, -0.25) is 4.79 Å². The zero-order valence-corrected chi connectivity index (χ0v) is 16.2. The standard InChI is InChI=1S/C22H34O3/c1-15(24)25-13-17-12-22-10-7-18-20(2,14-23)8-4-9-21(18,3)19(22)6-5-16(17)11-22/h14,16-19H,4-13H2,1-3H3/t16-,17-,18+,19+,20+,21-,22+/m1/s1. The molecule has 2 bridgehead atoms. The Morgan fingerprint density at radius 3 is 2.60 bits per heavy atom. The van der Waals surface area contributed by atoms with Crippen LogP contribution in [0.5, 0.6) is 0 Å². The molecule has 4 saturated carbocycles. The van der Waals surface area contributed by atoms with E-state index in [0.29, 0.717) is 29.3 Å². The van der Waals surface area contributed by atoms with Crippen molar-refractivity contribution >= 4 is 12.3 Å². The molecular weight excluding hydrogens is 312 g/mol. The Morgan fingerprint density at radius 1 is 1.08 bits per heavy atom. The van der Waals surface area contributed by atoms with Crippen LogP contribution in [0, 0.1) is 39.9 Å². The molecule has 140 valence electrons. The second-order valence-electron chi connectivity index (χ2n) is 10.3. The van der Waals surface area contributed by atoms with Crippen LogP contribution >= 0.6 is 0 Å². The average Bonchev–Trinajstić information content (AvgIpc) is 2.83. The Kier molecular flexibility index (Phi) is 4.09. The van der Waals surface area contributed by atoms with Crippen LogP contribution in [0.25, 0.3) is 0 Å². The Bertz CT molecular complexity index is 572. The zero-order chi connectivity index (χ0) is 17.9. The smallest absolute Gasteiger partial charge is 0.302 e. The van der Waals surface area contributed by atoms with Crippen molar-refractivity contribution in [2.45, 2.75) is 78.6 Å². The summed E-state index contributed by atoms with van der Waals surface area (Å²) >= 11 is 0. The number of hydrogen-bond donors (Lipinski definition) is 0. The van der Waals surface area contributed by atoms with Gasteiger partial charge in [-0.05, 0) is 85.9 Å². The van der Waals surface area contributed by atoms with Gasteiger partial charge in [0.2, 0.25) is 0 Å². The van der Waals surface area contributed by atoms with Crippen LogP contribution in [0.2, 0.25) is 0 Å². The molecule has 3 heteroatoms. The molecule has 4 rings (SSSR count).